The predicted octanol–water partition coefficient (Wildman–Crippen LogP) is 3.85. The fourth-order valence-electron chi connectivity index (χ4n) is 3.72. The molecule has 0 unspecified atom stereocenters. The second-order valence-electron chi connectivity index (χ2n) is 6.98. The first kappa shape index (κ1) is 18.5. The quantitative estimate of drug-likeness (QED) is 0.886. The Hall–Kier alpha value is -2.34. The largest absolute Gasteiger partial charge is 0.312 e. The van der Waals surface area contributed by atoms with E-state index in [-0.39, 0.29) is 5.91 Å². The maximum Gasteiger partial charge on any atom is 0.262 e. The molecular formula is C20H24N2O3S. The van der Waals surface area contributed by atoms with E-state index in [1.54, 1.807) is 17.0 Å². The van der Waals surface area contributed by atoms with Crippen molar-refractivity contribution in [3.8, 4) is 0 Å². The zero-order valence-corrected chi connectivity index (χ0v) is 16.4. The first-order chi connectivity index (χ1) is 12.2. The summed E-state index contributed by atoms with van der Waals surface area (Å²) in [5.41, 5.74) is 4.71. The van der Waals surface area contributed by atoms with Crippen molar-refractivity contribution in [3.63, 3.8) is 0 Å². The van der Waals surface area contributed by atoms with Crippen LogP contribution >= 0.6 is 0 Å². The van der Waals surface area contributed by atoms with E-state index < -0.39 is 10.0 Å². The second kappa shape index (κ2) is 6.76. The lowest BCUT2D eigenvalue weighted by Gasteiger charge is -2.20. The molecule has 1 fully saturated rings. The molecule has 3 rings (SSSR count). The number of benzene rings is 2. The molecule has 2 aromatic carbocycles. The van der Waals surface area contributed by atoms with Crippen LogP contribution in [-0.4, -0.2) is 20.9 Å². The average molecular weight is 372 g/mol. The van der Waals surface area contributed by atoms with Crippen LogP contribution in [0.25, 0.3) is 0 Å². The smallest absolute Gasteiger partial charge is 0.262 e. The van der Waals surface area contributed by atoms with Crippen LogP contribution in [0.2, 0.25) is 0 Å². The number of carbonyl (C=O) groups excluding carboxylic acids is 1. The molecule has 0 saturated carbocycles. The van der Waals surface area contributed by atoms with Crippen LogP contribution in [0, 0.1) is 27.7 Å². The van der Waals surface area contributed by atoms with Crippen molar-refractivity contribution < 1.29 is 13.2 Å². The number of rotatable bonds is 4. The maximum absolute atomic E-state index is 12.9. The van der Waals surface area contributed by atoms with Gasteiger partial charge in [0.05, 0.1) is 4.90 Å². The highest BCUT2D eigenvalue weighted by Gasteiger charge is 2.24. The summed E-state index contributed by atoms with van der Waals surface area (Å²) in [5, 5.41) is 0. The molecule has 0 radical (unpaired) electrons. The summed E-state index contributed by atoms with van der Waals surface area (Å²) in [7, 11) is -3.68. The molecule has 5 nitrogen and oxygen atoms in total. The zero-order chi connectivity index (χ0) is 19.1. The van der Waals surface area contributed by atoms with Crippen LogP contribution in [0.4, 0.5) is 11.4 Å². The van der Waals surface area contributed by atoms with Crippen LogP contribution in [-0.2, 0) is 14.8 Å². The predicted molar refractivity (Wildman–Crippen MR) is 104 cm³/mol. The number of anilines is 2. The van der Waals surface area contributed by atoms with Crippen molar-refractivity contribution in [2.24, 2.45) is 0 Å². The van der Waals surface area contributed by atoms with E-state index in [4.69, 9.17) is 0 Å². The highest BCUT2D eigenvalue weighted by Crippen LogP contribution is 2.29. The first-order valence-corrected chi connectivity index (χ1v) is 10.2. The molecule has 6 heteroatoms. The van der Waals surface area contributed by atoms with Crippen LogP contribution < -0.4 is 9.62 Å². The van der Waals surface area contributed by atoms with Crippen molar-refractivity contribution in [2.75, 3.05) is 16.2 Å². The summed E-state index contributed by atoms with van der Waals surface area (Å²) in [5.74, 6) is 0.118. The minimum absolute atomic E-state index is 0.118. The third-order valence-corrected chi connectivity index (χ3v) is 6.37. The van der Waals surface area contributed by atoms with Gasteiger partial charge < -0.3 is 4.90 Å². The van der Waals surface area contributed by atoms with Gasteiger partial charge in [-0.3, -0.25) is 9.52 Å². The minimum atomic E-state index is -3.68. The van der Waals surface area contributed by atoms with E-state index in [1.165, 1.54) is 0 Å². The summed E-state index contributed by atoms with van der Waals surface area (Å²) < 4.78 is 28.4. The molecular weight excluding hydrogens is 348 g/mol. The highest BCUT2D eigenvalue weighted by atomic mass is 32.2. The molecule has 0 aliphatic carbocycles. The summed E-state index contributed by atoms with van der Waals surface area (Å²) in [6, 6.07) is 9.04. The molecule has 1 amide bonds. The zero-order valence-electron chi connectivity index (χ0n) is 15.6. The van der Waals surface area contributed by atoms with Gasteiger partial charge >= 0.3 is 0 Å². The molecule has 0 aromatic heterocycles. The van der Waals surface area contributed by atoms with Crippen LogP contribution in [0.15, 0.2) is 35.2 Å². The Balaban J connectivity index is 1.91. The Morgan fingerprint density at radius 2 is 1.62 bits per heavy atom. The number of carbonyl (C=O) groups is 1. The number of hydrogen-bond acceptors (Lipinski definition) is 3. The lowest BCUT2D eigenvalue weighted by molar-refractivity contribution is -0.117. The molecule has 138 valence electrons. The van der Waals surface area contributed by atoms with E-state index in [0.29, 0.717) is 23.5 Å². The summed E-state index contributed by atoms with van der Waals surface area (Å²) in [6.45, 7) is 8.17. The van der Waals surface area contributed by atoms with Crippen molar-refractivity contribution in [3.05, 3.63) is 52.6 Å². The summed E-state index contributed by atoms with van der Waals surface area (Å²) in [4.78, 5) is 14.0. The maximum atomic E-state index is 12.9. The Labute approximate surface area is 155 Å². The number of nitrogens with one attached hydrogen (secondary N) is 1. The third kappa shape index (κ3) is 3.46. The first-order valence-electron chi connectivity index (χ1n) is 8.71. The second-order valence-corrected chi connectivity index (χ2v) is 8.60. The summed E-state index contributed by atoms with van der Waals surface area (Å²) in [6.07, 6.45) is 1.43. The van der Waals surface area contributed by atoms with Crippen LogP contribution in [0.3, 0.4) is 0 Å². The standard InChI is InChI=1S/C20H24N2O3S/c1-13-10-15(3)20(16(4)11-13)26(24,25)21-17-7-8-18(14(2)12-17)22-9-5-6-19(22)23/h7-8,10-12,21H,5-6,9H2,1-4H3. The Bertz CT molecular complexity index is 958. The van der Waals surface area contributed by atoms with Crippen molar-refractivity contribution in [2.45, 2.75) is 45.4 Å². The van der Waals surface area contributed by atoms with Gasteiger partial charge in [-0.25, -0.2) is 8.42 Å². The van der Waals surface area contributed by atoms with Crippen molar-refractivity contribution in [1.82, 2.24) is 0 Å². The fraction of sp³-hybridized carbons (Fsp3) is 0.350. The normalized spacial score (nSPS) is 14.8. The molecule has 1 saturated heterocycles. The van der Waals surface area contributed by atoms with Crippen LogP contribution in [0.1, 0.15) is 35.1 Å². The number of amides is 1. The average Bonchev–Trinajstić information content (AvgIpc) is 2.91. The lowest BCUT2D eigenvalue weighted by Crippen LogP contribution is -2.24. The molecule has 0 bridgehead atoms. The van der Waals surface area contributed by atoms with Crippen LogP contribution in [0.5, 0.6) is 0 Å². The van der Waals surface area contributed by atoms with Crippen molar-refractivity contribution >= 4 is 27.3 Å². The van der Waals surface area contributed by atoms with Gasteiger partial charge in [-0.05, 0) is 69.0 Å². The third-order valence-electron chi connectivity index (χ3n) is 4.69. The number of aryl methyl sites for hydroxylation is 4. The Morgan fingerprint density at radius 3 is 2.15 bits per heavy atom. The number of sulfonamides is 1. The van der Waals surface area contributed by atoms with Gasteiger partial charge in [-0.1, -0.05) is 17.7 Å². The van der Waals surface area contributed by atoms with E-state index in [0.717, 1.165) is 34.4 Å². The van der Waals surface area contributed by atoms with Gasteiger partial charge in [0.2, 0.25) is 5.91 Å². The Morgan fingerprint density at radius 1 is 0.962 bits per heavy atom. The SMILES string of the molecule is Cc1cc(C)c(S(=O)(=O)Nc2ccc(N3CCCC3=O)c(C)c2)c(C)c1. The molecule has 0 atom stereocenters. The molecule has 26 heavy (non-hydrogen) atoms. The van der Waals surface area contributed by atoms with E-state index in [2.05, 4.69) is 4.72 Å². The molecule has 1 aliphatic heterocycles. The van der Waals surface area contributed by atoms with Gasteiger partial charge in [0.25, 0.3) is 10.0 Å². The molecule has 2 aromatic rings. The molecule has 1 N–H and O–H groups in total. The monoisotopic (exact) mass is 372 g/mol. The number of hydrogen-bond donors (Lipinski definition) is 1. The Kier molecular flexibility index (Phi) is 4.80. The van der Waals surface area contributed by atoms with Gasteiger partial charge in [0.15, 0.2) is 0 Å². The van der Waals surface area contributed by atoms with Gasteiger partial charge in [0.1, 0.15) is 0 Å². The summed E-state index contributed by atoms with van der Waals surface area (Å²) >= 11 is 0. The van der Waals surface area contributed by atoms with E-state index >= 15 is 0 Å². The molecule has 0 spiro atoms. The van der Waals surface area contributed by atoms with Gasteiger partial charge in [-0.2, -0.15) is 0 Å². The molecule has 1 aliphatic rings. The van der Waals surface area contributed by atoms with E-state index in [9.17, 15) is 13.2 Å². The number of nitrogens with zero attached hydrogens (tertiary/aromatic N) is 1. The lowest BCUT2D eigenvalue weighted by atomic mass is 10.1. The van der Waals surface area contributed by atoms with Gasteiger partial charge in [-0.15, -0.1) is 0 Å². The fourth-order valence-corrected chi connectivity index (χ4v) is 5.23. The topological polar surface area (TPSA) is 66.5 Å². The minimum Gasteiger partial charge on any atom is -0.312 e. The van der Waals surface area contributed by atoms with E-state index in [1.807, 2.05) is 45.9 Å². The molecule has 1 heterocycles. The van der Waals surface area contributed by atoms with Gasteiger partial charge in [0, 0.05) is 24.3 Å². The van der Waals surface area contributed by atoms with Crippen molar-refractivity contribution in [1.29, 1.82) is 0 Å². The highest BCUT2D eigenvalue weighted by molar-refractivity contribution is 7.92.